The van der Waals surface area contributed by atoms with Crippen LogP contribution in [0.3, 0.4) is 0 Å². The molecule has 2 amide bonds. The maximum absolute atomic E-state index is 13.1. The van der Waals surface area contributed by atoms with Gasteiger partial charge in [-0.3, -0.25) is 0 Å². The Hall–Kier alpha value is -2.24. The van der Waals surface area contributed by atoms with Crippen molar-refractivity contribution in [2.45, 2.75) is 76.0 Å². The summed E-state index contributed by atoms with van der Waals surface area (Å²) in [6.07, 6.45) is 10.9. The Balaban J connectivity index is 0.919. The van der Waals surface area contributed by atoms with Crippen molar-refractivity contribution < 1.29 is 19.4 Å². The highest BCUT2D eigenvalue weighted by molar-refractivity contribution is 5.87. The number of aromatic carboxylic acids is 1. The molecule has 5 unspecified atom stereocenters. The molecule has 6 heteroatoms. The summed E-state index contributed by atoms with van der Waals surface area (Å²) in [5.41, 5.74) is 0.269. The van der Waals surface area contributed by atoms with Crippen LogP contribution in [0.5, 0.6) is 5.75 Å². The van der Waals surface area contributed by atoms with Crippen LogP contribution in [0.2, 0.25) is 0 Å². The largest absolute Gasteiger partial charge is 0.490 e. The fraction of sp³-hybridized carbons (Fsp3) is 0.714. The van der Waals surface area contributed by atoms with Crippen LogP contribution in [0.25, 0.3) is 0 Å². The number of rotatable bonds is 5. The van der Waals surface area contributed by atoms with Crippen LogP contribution in [0, 0.1) is 47.3 Å². The van der Waals surface area contributed by atoms with Gasteiger partial charge in [0.25, 0.3) is 0 Å². The van der Waals surface area contributed by atoms with Gasteiger partial charge in [-0.1, -0.05) is 0 Å². The third-order valence-corrected chi connectivity index (χ3v) is 10.8. The summed E-state index contributed by atoms with van der Waals surface area (Å²) in [4.78, 5) is 24.1. The first kappa shape index (κ1) is 21.1. The van der Waals surface area contributed by atoms with Crippen LogP contribution < -0.4 is 15.4 Å². The second-order valence-corrected chi connectivity index (χ2v) is 12.3. The highest BCUT2D eigenvalue weighted by Crippen LogP contribution is 2.71. The van der Waals surface area contributed by atoms with E-state index in [1.807, 2.05) is 0 Å². The van der Waals surface area contributed by atoms with E-state index in [0.29, 0.717) is 17.7 Å². The Labute approximate surface area is 201 Å². The van der Waals surface area contributed by atoms with Gasteiger partial charge in [-0.2, -0.15) is 0 Å². The molecule has 0 saturated heterocycles. The van der Waals surface area contributed by atoms with Gasteiger partial charge in [0.15, 0.2) is 0 Å². The average Bonchev–Trinajstić information content (AvgIpc) is 2.84. The van der Waals surface area contributed by atoms with E-state index in [-0.39, 0.29) is 23.7 Å². The van der Waals surface area contributed by atoms with Crippen molar-refractivity contribution in [3.63, 3.8) is 0 Å². The van der Waals surface area contributed by atoms with E-state index in [1.54, 1.807) is 24.3 Å². The van der Waals surface area contributed by atoms with Gasteiger partial charge in [-0.25, -0.2) is 9.59 Å². The van der Waals surface area contributed by atoms with Crippen molar-refractivity contribution in [3.05, 3.63) is 29.8 Å². The molecule has 5 atom stereocenters. The van der Waals surface area contributed by atoms with Crippen molar-refractivity contribution in [2.75, 3.05) is 0 Å². The minimum Gasteiger partial charge on any atom is -0.490 e. The Morgan fingerprint density at radius 2 is 1.41 bits per heavy atom. The predicted molar refractivity (Wildman–Crippen MR) is 127 cm³/mol. The summed E-state index contributed by atoms with van der Waals surface area (Å²) in [7, 11) is 0. The number of carboxylic acid groups (broad SMARTS) is 1. The molecule has 6 nitrogen and oxygen atoms in total. The molecular formula is C28H36N2O4. The van der Waals surface area contributed by atoms with Crippen molar-refractivity contribution in [1.82, 2.24) is 10.6 Å². The first-order chi connectivity index (χ1) is 16.5. The zero-order valence-electron chi connectivity index (χ0n) is 19.7. The van der Waals surface area contributed by atoms with E-state index in [0.717, 1.165) is 67.1 Å². The second-order valence-electron chi connectivity index (χ2n) is 12.3. The molecule has 0 spiro atoms. The van der Waals surface area contributed by atoms with E-state index >= 15 is 0 Å². The molecule has 9 rings (SSSR count). The summed E-state index contributed by atoms with van der Waals surface area (Å²) in [5.74, 6) is 6.97. The molecule has 0 heterocycles. The summed E-state index contributed by atoms with van der Waals surface area (Å²) in [6.45, 7) is 0. The molecule has 1 aromatic rings. The maximum atomic E-state index is 13.1. The van der Waals surface area contributed by atoms with Gasteiger partial charge < -0.3 is 20.5 Å². The zero-order chi connectivity index (χ0) is 23.0. The summed E-state index contributed by atoms with van der Waals surface area (Å²) in [6, 6.07) is 7.27. The third kappa shape index (κ3) is 3.35. The van der Waals surface area contributed by atoms with Gasteiger partial charge in [0.2, 0.25) is 0 Å². The smallest absolute Gasteiger partial charge is 0.335 e. The standard InChI is InChI=1S/C28H36N2O4/c31-27(32)15-1-5-18(6-2-15)34-19-7-3-17(4-8-19)29-28(33)30-26-16-12-21-20-9-14-10-23(21)25(26)24(11-14)22(20)13-16/h1-2,5-6,14,16-17,19-26H,3-4,7-13H2,(H,31,32)(H2,29,30,33). The fourth-order valence-corrected chi connectivity index (χ4v) is 9.72. The van der Waals surface area contributed by atoms with Gasteiger partial charge >= 0.3 is 12.0 Å². The van der Waals surface area contributed by atoms with Crippen LogP contribution in [-0.4, -0.2) is 35.3 Å². The number of amides is 2. The highest BCUT2D eigenvalue weighted by atomic mass is 16.5. The van der Waals surface area contributed by atoms with Gasteiger partial charge in [0.1, 0.15) is 5.75 Å². The molecule has 8 aliphatic rings. The quantitative estimate of drug-likeness (QED) is 0.590. The summed E-state index contributed by atoms with van der Waals surface area (Å²) < 4.78 is 6.06. The minimum absolute atomic E-state index is 0.0503. The Bertz CT molecular complexity index is 947. The second kappa shape index (κ2) is 7.89. The predicted octanol–water partition coefficient (Wildman–Crippen LogP) is 4.69. The average molecular weight is 465 g/mol. The van der Waals surface area contributed by atoms with Gasteiger partial charge in [-0.15, -0.1) is 0 Å². The molecular weight excluding hydrogens is 428 g/mol. The lowest BCUT2D eigenvalue weighted by atomic mass is 9.35. The van der Waals surface area contributed by atoms with Gasteiger partial charge in [-0.05, 0) is 129 Å². The number of carbonyl (C=O) groups excluding carboxylic acids is 1. The molecule has 0 aliphatic heterocycles. The molecule has 8 bridgehead atoms. The van der Waals surface area contributed by atoms with Crippen LogP contribution in [0.1, 0.15) is 68.1 Å². The van der Waals surface area contributed by atoms with Crippen LogP contribution in [-0.2, 0) is 0 Å². The minimum atomic E-state index is -0.926. The van der Waals surface area contributed by atoms with Crippen LogP contribution in [0.4, 0.5) is 4.79 Å². The monoisotopic (exact) mass is 464 g/mol. The van der Waals surface area contributed by atoms with Crippen molar-refractivity contribution in [3.8, 4) is 5.75 Å². The normalized spacial score (nSPS) is 45.2. The lowest BCUT2D eigenvalue weighted by molar-refractivity contribution is -0.214. The first-order valence-corrected chi connectivity index (χ1v) is 13.6. The fourth-order valence-electron chi connectivity index (χ4n) is 9.72. The topological polar surface area (TPSA) is 87.7 Å². The molecule has 8 aliphatic carbocycles. The number of hydrogen-bond donors (Lipinski definition) is 3. The lowest BCUT2D eigenvalue weighted by Gasteiger charge is -2.71. The zero-order valence-corrected chi connectivity index (χ0v) is 19.7. The maximum Gasteiger partial charge on any atom is 0.335 e. The number of hydrogen-bond acceptors (Lipinski definition) is 3. The number of carbonyl (C=O) groups is 2. The number of nitrogens with one attached hydrogen (secondary N) is 2. The number of ether oxygens (including phenoxy) is 1. The summed E-state index contributed by atoms with van der Waals surface area (Å²) in [5, 5.41) is 15.8. The molecule has 182 valence electrons. The van der Waals surface area contributed by atoms with Crippen molar-refractivity contribution >= 4 is 12.0 Å². The molecule has 8 fully saturated rings. The van der Waals surface area contributed by atoms with E-state index < -0.39 is 5.97 Å². The molecule has 1 aromatic carbocycles. The number of urea groups is 1. The van der Waals surface area contributed by atoms with E-state index in [9.17, 15) is 9.59 Å². The van der Waals surface area contributed by atoms with Crippen LogP contribution >= 0.6 is 0 Å². The Morgan fingerprint density at radius 3 is 2.06 bits per heavy atom. The van der Waals surface area contributed by atoms with E-state index in [4.69, 9.17) is 9.84 Å². The van der Waals surface area contributed by atoms with Gasteiger partial charge in [0, 0.05) is 12.1 Å². The van der Waals surface area contributed by atoms with Gasteiger partial charge in [0.05, 0.1) is 11.7 Å². The molecule has 0 radical (unpaired) electrons. The Morgan fingerprint density at radius 1 is 0.794 bits per heavy atom. The molecule has 8 saturated carbocycles. The highest BCUT2D eigenvalue weighted by Gasteiger charge is 2.66. The third-order valence-electron chi connectivity index (χ3n) is 10.8. The summed E-state index contributed by atoms with van der Waals surface area (Å²) >= 11 is 0. The van der Waals surface area contributed by atoms with E-state index in [2.05, 4.69) is 10.6 Å². The molecule has 34 heavy (non-hydrogen) atoms. The number of carboxylic acids is 1. The number of benzene rings is 1. The Kier molecular flexibility index (Phi) is 4.89. The lowest BCUT2D eigenvalue weighted by Crippen LogP contribution is -2.70. The van der Waals surface area contributed by atoms with Crippen molar-refractivity contribution in [1.29, 1.82) is 0 Å². The molecule has 3 N–H and O–H groups in total. The SMILES string of the molecule is O=C(NC1CCC(Oc2ccc(C(=O)O)cc2)CC1)NC1C2CC3C4CC5CC3C1C(C5)C4C2. The van der Waals surface area contributed by atoms with Crippen molar-refractivity contribution in [2.24, 2.45) is 47.3 Å². The van der Waals surface area contributed by atoms with E-state index in [1.165, 1.54) is 32.1 Å². The molecule has 0 aromatic heterocycles. The van der Waals surface area contributed by atoms with Crippen LogP contribution in [0.15, 0.2) is 24.3 Å². The first-order valence-electron chi connectivity index (χ1n) is 13.6.